The fourth-order valence-electron chi connectivity index (χ4n) is 1.85. The number of hydrogen-bond acceptors (Lipinski definition) is 2. The van der Waals surface area contributed by atoms with Crippen LogP contribution in [0.25, 0.3) is 0 Å². The minimum absolute atomic E-state index is 0.144. The van der Waals surface area contributed by atoms with Gasteiger partial charge in [0, 0.05) is 15.2 Å². The molecule has 3 N–H and O–H groups in total. The molecule has 2 rings (SSSR count). The van der Waals surface area contributed by atoms with Gasteiger partial charge < -0.3 is 11.1 Å². The monoisotopic (exact) mass is 352 g/mol. The average Bonchev–Trinajstić information content (AvgIpc) is 2.41. The molecule has 0 aliphatic rings. The van der Waals surface area contributed by atoms with Gasteiger partial charge >= 0.3 is 0 Å². The summed E-state index contributed by atoms with van der Waals surface area (Å²) in [5.74, 6) is -0.184. The summed E-state index contributed by atoms with van der Waals surface area (Å²) >= 11 is 9.30. The van der Waals surface area contributed by atoms with Gasteiger partial charge in [-0.25, -0.2) is 0 Å². The summed E-state index contributed by atoms with van der Waals surface area (Å²) in [6.07, 6.45) is 0. The number of carbonyl (C=O) groups excluding carboxylic acids is 1. The van der Waals surface area contributed by atoms with Gasteiger partial charge in [-0.1, -0.05) is 23.7 Å². The molecule has 20 heavy (non-hydrogen) atoms. The predicted molar refractivity (Wildman–Crippen MR) is 85.9 cm³/mol. The van der Waals surface area contributed by atoms with Crippen LogP contribution in [-0.4, -0.2) is 5.91 Å². The first-order valence-electron chi connectivity index (χ1n) is 6.08. The van der Waals surface area contributed by atoms with Crippen LogP contribution in [0.1, 0.15) is 28.9 Å². The number of nitrogens with two attached hydrogens (primary N) is 1. The number of carbonyl (C=O) groups is 1. The molecule has 0 bridgehead atoms. The van der Waals surface area contributed by atoms with Crippen LogP contribution in [0, 0.1) is 0 Å². The molecule has 5 heteroatoms. The number of amides is 1. The number of halogens is 2. The Kier molecular flexibility index (Phi) is 4.68. The van der Waals surface area contributed by atoms with Crippen molar-refractivity contribution in [1.29, 1.82) is 0 Å². The lowest BCUT2D eigenvalue weighted by Gasteiger charge is -2.15. The number of rotatable bonds is 3. The normalized spacial score (nSPS) is 11.9. The van der Waals surface area contributed by atoms with Crippen LogP contribution in [0.15, 0.2) is 46.9 Å². The smallest absolute Gasteiger partial charge is 0.252 e. The van der Waals surface area contributed by atoms with Gasteiger partial charge in [-0.3, -0.25) is 4.79 Å². The first-order chi connectivity index (χ1) is 9.47. The third-order valence-electron chi connectivity index (χ3n) is 2.93. The third-order valence-corrected chi connectivity index (χ3v) is 3.86. The van der Waals surface area contributed by atoms with E-state index in [-0.39, 0.29) is 11.9 Å². The molecule has 0 unspecified atom stereocenters. The molecular weight excluding hydrogens is 340 g/mol. The Hall–Kier alpha value is -1.52. The van der Waals surface area contributed by atoms with E-state index in [0.29, 0.717) is 20.7 Å². The van der Waals surface area contributed by atoms with E-state index in [1.54, 1.807) is 24.3 Å². The number of benzene rings is 2. The Morgan fingerprint density at radius 3 is 2.75 bits per heavy atom. The summed E-state index contributed by atoms with van der Waals surface area (Å²) in [7, 11) is 0. The number of nitrogens with one attached hydrogen (secondary N) is 1. The van der Waals surface area contributed by atoms with Gasteiger partial charge in [-0.15, -0.1) is 0 Å². The maximum Gasteiger partial charge on any atom is 0.252 e. The third kappa shape index (κ3) is 3.52. The van der Waals surface area contributed by atoms with Gasteiger partial charge in [0.2, 0.25) is 0 Å². The zero-order valence-corrected chi connectivity index (χ0v) is 13.2. The molecule has 0 aliphatic carbocycles. The van der Waals surface area contributed by atoms with Crippen molar-refractivity contribution in [1.82, 2.24) is 5.32 Å². The van der Waals surface area contributed by atoms with Crippen molar-refractivity contribution in [2.75, 3.05) is 5.73 Å². The molecule has 2 aromatic carbocycles. The molecule has 3 nitrogen and oxygen atoms in total. The number of hydrogen-bond donors (Lipinski definition) is 2. The Morgan fingerprint density at radius 1 is 1.30 bits per heavy atom. The molecule has 0 spiro atoms. The molecule has 0 aromatic heterocycles. The van der Waals surface area contributed by atoms with E-state index in [4.69, 9.17) is 17.3 Å². The number of nitrogen functional groups attached to an aromatic ring is 1. The van der Waals surface area contributed by atoms with Crippen molar-refractivity contribution in [3.8, 4) is 0 Å². The predicted octanol–water partition coefficient (Wildman–Crippen LogP) is 4.18. The van der Waals surface area contributed by atoms with Crippen LogP contribution in [0.2, 0.25) is 5.02 Å². The first-order valence-corrected chi connectivity index (χ1v) is 7.26. The van der Waals surface area contributed by atoms with Crippen LogP contribution in [0.5, 0.6) is 0 Å². The molecule has 0 fully saturated rings. The second kappa shape index (κ2) is 6.29. The largest absolute Gasteiger partial charge is 0.399 e. The zero-order valence-electron chi connectivity index (χ0n) is 10.9. The lowest BCUT2D eigenvalue weighted by atomic mass is 10.1. The van der Waals surface area contributed by atoms with Crippen molar-refractivity contribution >= 4 is 39.1 Å². The molecule has 1 atom stereocenters. The molecular formula is C15H14BrClN2O. The maximum absolute atomic E-state index is 12.3. The van der Waals surface area contributed by atoms with E-state index in [1.807, 2.05) is 25.1 Å². The second-order valence-electron chi connectivity index (χ2n) is 4.49. The van der Waals surface area contributed by atoms with Crippen LogP contribution in [-0.2, 0) is 0 Å². The minimum Gasteiger partial charge on any atom is -0.399 e. The average molecular weight is 354 g/mol. The topological polar surface area (TPSA) is 55.1 Å². The summed E-state index contributed by atoms with van der Waals surface area (Å²) < 4.78 is 0.711. The first kappa shape index (κ1) is 14.9. The van der Waals surface area contributed by atoms with E-state index in [1.165, 1.54) is 0 Å². The van der Waals surface area contributed by atoms with Gasteiger partial charge in [0.05, 0.1) is 11.6 Å². The molecule has 0 heterocycles. The molecule has 2 aromatic rings. The van der Waals surface area contributed by atoms with E-state index in [2.05, 4.69) is 21.2 Å². The summed E-state index contributed by atoms with van der Waals surface area (Å²) in [6.45, 7) is 1.91. The van der Waals surface area contributed by atoms with Gasteiger partial charge in [0.25, 0.3) is 5.91 Å². The van der Waals surface area contributed by atoms with Crippen molar-refractivity contribution < 1.29 is 4.79 Å². The zero-order chi connectivity index (χ0) is 14.7. The van der Waals surface area contributed by atoms with Crippen molar-refractivity contribution in [2.45, 2.75) is 13.0 Å². The fraction of sp³-hybridized carbons (Fsp3) is 0.133. The quantitative estimate of drug-likeness (QED) is 0.813. The highest BCUT2D eigenvalue weighted by Gasteiger charge is 2.14. The highest BCUT2D eigenvalue weighted by Crippen LogP contribution is 2.22. The Bertz CT molecular complexity index is 646. The Morgan fingerprint density at radius 2 is 2.05 bits per heavy atom. The molecule has 1 amide bonds. The van der Waals surface area contributed by atoms with Gasteiger partial charge in [-0.05, 0) is 58.7 Å². The van der Waals surface area contributed by atoms with E-state index >= 15 is 0 Å². The summed E-state index contributed by atoms with van der Waals surface area (Å²) in [5, 5.41) is 3.57. The lowest BCUT2D eigenvalue weighted by molar-refractivity contribution is 0.0939. The summed E-state index contributed by atoms with van der Waals surface area (Å²) in [4.78, 5) is 12.3. The van der Waals surface area contributed by atoms with Gasteiger partial charge in [-0.2, -0.15) is 0 Å². The second-order valence-corrected chi connectivity index (χ2v) is 5.78. The summed E-state index contributed by atoms with van der Waals surface area (Å²) in [5.41, 5.74) is 7.72. The van der Waals surface area contributed by atoms with E-state index < -0.39 is 0 Å². The van der Waals surface area contributed by atoms with Gasteiger partial charge in [0.1, 0.15) is 0 Å². The standard InChI is InChI=1S/C15H14BrClN2O/c1-9(10-3-2-4-11(17)7-10)19-15(20)13-8-12(18)5-6-14(13)16/h2-9H,18H2,1H3,(H,19,20)/t9-/m0/s1. The maximum atomic E-state index is 12.3. The Labute approximate surface area is 131 Å². The highest BCUT2D eigenvalue weighted by atomic mass is 79.9. The van der Waals surface area contributed by atoms with Crippen LogP contribution < -0.4 is 11.1 Å². The van der Waals surface area contributed by atoms with Crippen molar-refractivity contribution in [3.63, 3.8) is 0 Å². The van der Waals surface area contributed by atoms with E-state index in [9.17, 15) is 4.79 Å². The fourth-order valence-corrected chi connectivity index (χ4v) is 2.48. The summed E-state index contributed by atoms with van der Waals surface area (Å²) in [6, 6.07) is 12.4. The molecule has 0 saturated heterocycles. The van der Waals surface area contributed by atoms with Crippen molar-refractivity contribution in [3.05, 3.63) is 63.1 Å². The van der Waals surface area contributed by atoms with Crippen LogP contribution >= 0.6 is 27.5 Å². The number of anilines is 1. The van der Waals surface area contributed by atoms with Crippen LogP contribution in [0.4, 0.5) is 5.69 Å². The molecule has 0 radical (unpaired) electrons. The lowest BCUT2D eigenvalue weighted by Crippen LogP contribution is -2.27. The van der Waals surface area contributed by atoms with Gasteiger partial charge in [0.15, 0.2) is 0 Å². The highest BCUT2D eigenvalue weighted by molar-refractivity contribution is 9.10. The van der Waals surface area contributed by atoms with Crippen molar-refractivity contribution in [2.24, 2.45) is 0 Å². The van der Waals surface area contributed by atoms with Crippen LogP contribution in [0.3, 0.4) is 0 Å². The molecule has 0 aliphatic heterocycles. The van der Waals surface area contributed by atoms with E-state index in [0.717, 1.165) is 5.56 Å². The SMILES string of the molecule is C[C@H](NC(=O)c1cc(N)ccc1Br)c1cccc(Cl)c1. The Balaban J connectivity index is 2.17. The minimum atomic E-state index is -0.184. The molecule has 104 valence electrons. The molecule has 0 saturated carbocycles.